The Hall–Kier alpha value is -2.89. The van der Waals surface area contributed by atoms with Crippen LogP contribution in [-0.4, -0.2) is 26.0 Å². The van der Waals surface area contributed by atoms with Gasteiger partial charge in [-0.3, -0.25) is 0 Å². The lowest BCUT2D eigenvalue weighted by Crippen LogP contribution is -2.37. The van der Waals surface area contributed by atoms with E-state index in [1.807, 2.05) is 44.2 Å². The number of carbonyl (C=O) groups excluding carboxylic acids is 1. The number of carbonyl (C=O) groups is 1. The minimum absolute atomic E-state index is 0.234. The summed E-state index contributed by atoms with van der Waals surface area (Å²) in [5, 5.41) is 5.58. The maximum Gasteiger partial charge on any atom is 0.315 e. The second-order valence-electron chi connectivity index (χ2n) is 5.91. The van der Waals surface area contributed by atoms with Crippen LogP contribution in [0.4, 0.5) is 4.79 Å². The summed E-state index contributed by atoms with van der Waals surface area (Å²) in [5.74, 6) is 2.28. The molecule has 0 saturated carbocycles. The monoisotopic (exact) mass is 342 g/mol. The number of amides is 2. The van der Waals surface area contributed by atoms with Gasteiger partial charge >= 0.3 is 6.03 Å². The quantitative estimate of drug-likeness (QED) is 0.792. The standard InChI is InChI=1S/C19H22N2O4/c1-13-3-5-16(14(2)9-13)23-8-7-20-19(22)21-11-15-4-6-17-18(10-15)25-12-24-17/h3-6,9-10H,7-8,11-12H2,1-2H3,(H2,20,21,22). The van der Waals surface area contributed by atoms with Gasteiger partial charge in [0.2, 0.25) is 6.79 Å². The topological polar surface area (TPSA) is 68.8 Å². The number of ether oxygens (including phenoxy) is 3. The average molecular weight is 342 g/mol. The molecule has 0 saturated heterocycles. The van der Waals surface area contributed by atoms with Crippen LogP contribution in [0.2, 0.25) is 0 Å². The molecule has 3 rings (SSSR count). The molecule has 0 radical (unpaired) electrons. The molecule has 2 aromatic rings. The van der Waals surface area contributed by atoms with Crippen molar-refractivity contribution in [1.29, 1.82) is 0 Å². The molecule has 6 heteroatoms. The second-order valence-corrected chi connectivity index (χ2v) is 5.91. The van der Waals surface area contributed by atoms with Crippen LogP contribution in [0.1, 0.15) is 16.7 Å². The molecule has 0 unspecified atom stereocenters. The van der Waals surface area contributed by atoms with Crippen LogP contribution in [0.5, 0.6) is 17.2 Å². The molecule has 1 aliphatic rings. The number of nitrogens with one attached hydrogen (secondary N) is 2. The van der Waals surface area contributed by atoms with Crippen LogP contribution < -0.4 is 24.8 Å². The third-order valence-corrected chi connectivity index (χ3v) is 3.87. The van der Waals surface area contributed by atoms with E-state index in [2.05, 4.69) is 16.7 Å². The summed E-state index contributed by atoms with van der Waals surface area (Å²) in [6.07, 6.45) is 0. The average Bonchev–Trinajstić information content (AvgIpc) is 3.06. The van der Waals surface area contributed by atoms with Crippen molar-refractivity contribution in [3.05, 3.63) is 53.1 Å². The molecule has 0 aromatic heterocycles. The van der Waals surface area contributed by atoms with E-state index < -0.39 is 0 Å². The van der Waals surface area contributed by atoms with Gasteiger partial charge in [0.05, 0.1) is 6.54 Å². The van der Waals surface area contributed by atoms with Crippen LogP contribution in [-0.2, 0) is 6.54 Å². The van der Waals surface area contributed by atoms with E-state index in [0.717, 1.165) is 22.6 Å². The van der Waals surface area contributed by atoms with Crippen molar-refractivity contribution in [3.63, 3.8) is 0 Å². The predicted molar refractivity (Wildman–Crippen MR) is 94.2 cm³/mol. The van der Waals surface area contributed by atoms with Gasteiger partial charge in [-0.15, -0.1) is 0 Å². The minimum Gasteiger partial charge on any atom is -0.491 e. The zero-order valence-electron chi connectivity index (χ0n) is 14.4. The predicted octanol–water partition coefficient (Wildman–Crippen LogP) is 2.91. The largest absolute Gasteiger partial charge is 0.491 e. The van der Waals surface area contributed by atoms with E-state index in [9.17, 15) is 4.79 Å². The number of aryl methyl sites for hydroxylation is 2. The van der Waals surface area contributed by atoms with Crippen LogP contribution in [0.3, 0.4) is 0 Å². The molecule has 25 heavy (non-hydrogen) atoms. The number of fused-ring (bicyclic) bond motifs is 1. The van der Waals surface area contributed by atoms with E-state index >= 15 is 0 Å². The Bertz CT molecular complexity index is 761. The zero-order chi connectivity index (χ0) is 17.6. The van der Waals surface area contributed by atoms with Gasteiger partial charge in [-0.1, -0.05) is 23.8 Å². The maximum atomic E-state index is 11.8. The first-order valence-electron chi connectivity index (χ1n) is 8.22. The van der Waals surface area contributed by atoms with E-state index in [0.29, 0.717) is 25.4 Å². The lowest BCUT2D eigenvalue weighted by Gasteiger charge is -2.11. The molecular formula is C19H22N2O4. The third kappa shape index (κ3) is 4.56. The maximum absolute atomic E-state index is 11.8. The molecule has 0 atom stereocenters. The van der Waals surface area contributed by atoms with Gasteiger partial charge in [-0.2, -0.15) is 0 Å². The first-order chi connectivity index (χ1) is 12.1. The van der Waals surface area contributed by atoms with E-state index in [1.165, 1.54) is 5.56 Å². The molecule has 6 nitrogen and oxygen atoms in total. The van der Waals surface area contributed by atoms with Crippen molar-refractivity contribution < 1.29 is 19.0 Å². The van der Waals surface area contributed by atoms with Crippen LogP contribution in [0.15, 0.2) is 36.4 Å². The highest BCUT2D eigenvalue weighted by atomic mass is 16.7. The van der Waals surface area contributed by atoms with Crippen molar-refractivity contribution in [1.82, 2.24) is 10.6 Å². The van der Waals surface area contributed by atoms with Crippen LogP contribution >= 0.6 is 0 Å². The summed E-state index contributed by atoms with van der Waals surface area (Å²) in [5.41, 5.74) is 3.24. The van der Waals surface area contributed by atoms with Crippen molar-refractivity contribution >= 4 is 6.03 Å². The fourth-order valence-corrected chi connectivity index (χ4v) is 2.58. The molecule has 2 amide bonds. The zero-order valence-corrected chi connectivity index (χ0v) is 14.4. The van der Waals surface area contributed by atoms with Crippen molar-refractivity contribution in [2.24, 2.45) is 0 Å². The third-order valence-electron chi connectivity index (χ3n) is 3.87. The first-order valence-corrected chi connectivity index (χ1v) is 8.22. The van der Waals surface area contributed by atoms with Crippen molar-refractivity contribution in [3.8, 4) is 17.2 Å². The number of hydrogen-bond donors (Lipinski definition) is 2. The van der Waals surface area contributed by atoms with Gasteiger partial charge < -0.3 is 24.8 Å². The molecule has 1 heterocycles. The normalized spacial score (nSPS) is 11.9. The Morgan fingerprint density at radius 2 is 1.92 bits per heavy atom. The highest BCUT2D eigenvalue weighted by molar-refractivity contribution is 5.73. The van der Waals surface area contributed by atoms with Gasteiger partial charge in [-0.25, -0.2) is 4.79 Å². The van der Waals surface area contributed by atoms with Gasteiger partial charge in [0, 0.05) is 6.54 Å². The summed E-state index contributed by atoms with van der Waals surface area (Å²) in [7, 11) is 0. The lowest BCUT2D eigenvalue weighted by atomic mass is 10.1. The number of hydrogen-bond acceptors (Lipinski definition) is 4. The fraction of sp³-hybridized carbons (Fsp3) is 0.316. The summed E-state index contributed by atoms with van der Waals surface area (Å²) < 4.78 is 16.3. The van der Waals surface area contributed by atoms with Crippen molar-refractivity contribution in [2.45, 2.75) is 20.4 Å². The van der Waals surface area contributed by atoms with Gasteiger partial charge in [-0.05, 0) is 43.2 Å². The summed E-state index contributed by atoms with van der Waals surface area (Å²) in [4.78, 5) is 11.8. The molecule has 1 aliphatic heterocycles. The fourth-order valence-electron chi connectivity index (χ4n) is 2.58. The first kappa shape index (κ1) is 17.0. The van der Waals surface area contributed by atoms with Crippen molar-refractivity contribution in [2.75, 3.05) is 19.9 Å². The van der Waals surface area contributed by atoms with E-state index in [1.54, 1.807) is 0 Å². The molecule has 132 valence electrons. The van der Waals surface area contributed by atoms with E-state index in [-0.39, 0.29) is 12.8 Å². The molecule has 0 aliphatic carbocycles. The number of rotatable bonds is 6. The van der Waals surface area contributed by atoms with Gasteiger partial charge in [0.25, 0.3) is 0 Å². The Morgan fingerprint density at radius 3 is 2.76 bits per heavy atom. The summed E-state index contributed by atoms with van der Waals surface area (Å²) in [6, 6.07) is 11.4. The number of urea groups is 1. The SMILES string of the molecule is Cc1ccc(OCCNC(=O)NCc2ccc3c(c2)OCO3)c(C)c1. The van der Waals surface area contributed by atoms with E-state index in [4.69, 9.17) is 14.2 Å². The Balaban J connectivity index is 1.37. The molecule has 2 N–H and O–H groups in total. The Labute approximate surface area is 147 Å². The van der Waals surface area contributed by atoms with Gasteiger partial charge in [0.1, 0.15) is 12.4 Å². The summed E-state index contributed by atoms with van der Waals surface area (Å²) >= 11 is 0. The van der Waals surface area contributed by atoms with Crippen LogP contribution in [0, 0.1) is 13.8 Å². The molecule has 0 spiro atoms. The smallest absolute Gasteiger partial charge is 0.315 e. The minimum atomic E-state index is -0.234. The molecular weight excluding hydrogens is 320 g/mol. The number of benzene rings is 2. The Morgan fingerprint density at radius 1 is 1.08 bits per heavy atom. The lowest BCUT2D eigenvalue weighted by molar-refractivity contribution is 0.174. The molecule has 0 bridgehead atoms. The molecule has 0 fully saturated rings. The molecule has 2 aromatic carbocycles. The highest BCUT2D eigenvalue weighted by Gasteiger charge is 2.13. The second kappa shape index (κ2) is 7.79. The Kier molecular flexibility index (Phi) is 5.28. The highest BCUT2D eigenvalue weighted by Crippen LogP contribution is 2.32. The van der Waals surface area contributed by atoms with Gasteiger partial charge in [0.15, 0.2) is 11.5 Å². The summed E-state index contributed by atoms with van der Waals surface area (Å²) in [6.45, 7) is 5.56. The van der Waals surface area contributed by atoms with Crippen LogP contribution in [0.25, 0.3) is 0 Å².